The summed E-state index contributed by atoms with van der Waals surface area (Å²) in [5.41, 5.74) is 6.39. The van der Waals surface area contributed by atoms with Gasteiger partial charge in [0.05, 0.1) is 22.3 Å². The normalized spacial score (nSPS) is 10.9. The fourth-order valence-corrected chi connectivity index (χ4v) is 3.03. The average Bonchev–Trinajstić information content (AvgIpc) is 3.03. The lowest BCUT2D eigenvalue weighted by Crippen LogP contribution is -2.12. The Kier molecular flexibility index (Phi) is 4.08. The van der Waals surface area contributed by atoms with Gasteiger partial charge in [-0.15, -0.1) is 0 Å². The minimum Gasteiger partial charge on any atom is -0.322 e. The number of nitrogens with one attached hydrogen (secondary N) is 3. The van der Waals surface area contributed by atoms with Crippen molar-refractivity contribution in [3.05, 3.63) is 81.9 Å². The van der Waals surface area contributed by atoms with Gasteiger partial charge in [-0.25, -0.2) is 4.79 Å². The zero-order chi connectivity index (χ0) is 19.0. The Hall–Kier alpha value is -3.67. The van der Waals surface area contributed by atoms with Crippen molar-refractivity contribution in [3.8, 4) is 11.3 Å². The number of anilines is 1. The molecule has 3 N–H and O–H groups in total. The van der Waals surface area contributed by atoms with Crippen LogP contribution in [0.15, 0.2) is 59.5 Å². The van der Waals surface area contributed by atoms with Crippen molar-refractivity contribution in [2.75, 3.05) is 5.32 Å². The first-order chi connectivity index (χ1) is 13.0. The Morgan fingerprint density at radius 3 is 2.59 bits per heavy atom. The maximum atomic E-state index is 12.5. The van der Waals surface area contributed by atoms with Gasteiger partial charge in [-0.2, -0.15) is 0 Å². The number of hydrogen-bond donors (Lipinski definition) is 3. The van der Waals surface area contributed by atoms with Crippen molar-refractivity contribution in [1.29, 1.82) is 0 Å². The molecule has 0 aliphatic rings. The third-order valence-electron chi connectivity index (χ3n) is 4.68. The van der Waals surface area contributed by atoms with Gasteiger partial charge < -0.3 is 15.3 Å². The van der Waals surface area contributed by atoms with Gasteiger partial charge in [0.15, 0.2) is 0 Å². The van der Waals surface area contributed by atoms with E-state index in [1.807, 2.05) is 18.2 Å². The average molecular weight is 358 g/mol. The van der Waals surface area contributed by atoms with Crippen molar-refractivity contribution in [2.24, 2.45) is 0 Å². The van der Waals surface area contributed by atoms with Crippen LogP contribution < -0.4 is 11.0 Å². The van der Waals surface area contributed by atoms with Crippen LogP contribution in [-0.2, 0) is 0 Å². The fourth-order valence-electron chi connectivity index (χ4n) is 3.03. The van der Waals surface area contributed by atoms with Crippen LogP contribution in [0.5, 0.6) is 0 Å². The van der Waals surface area contributed by atoms with E-state index < -0.39 is 0 Å². The predicted octanol–water partition coefficient (Wildman–Crippen LogP) is 3.79. The highest BCUT2D eigenvalue weighted by Crippen LogP contribution is 2.24. The number of aryl methyl sites for hydroxylation is 1. The van der Waals surface area contributed by atoms with Crippen LogP contribution in [-0.4, -0.2) is 20.9 Å². The van der Waals surface area contributed by atoms with Crippen LogP contribution in [0.25, 0.3) is 22.3 Å². The van der Waals surface area contributed by atoms with Crippen molar-refractivity contribution in [1.82, 2.24) is 15.0 Å². The molecule has 2 aromatic carbocycles. The van der Waals surface area contributed by atoms with E-state index >= 15 is 0 Å². The van der Waals surface area contributed by atoms with E-state index in [9.17, 15) is 9.59 Å². The molecule has 0 bridgehead atoms. The van der Waals surface area contributed by atoms with Gasteiger partial charge in [-0.3, -0.25) is 9.78 Å². The third-order valence-corrected chi connectivity index (χ3v) is 4.68. The van der Waals surface area contributed by atoms with Crippen LogP contribution in [0.2, 0.25) is 0 Å². The summed E-state index contributed by atoms with van der Waals surface area (Å²) in [4.78, 5) is 33.6. The Balaban J connectivity index is 1.56. The molecule has 0 aliphatic heterocycles. The highest BCUT2D eigenvalue weighted by atomic mass is 16.2. The molecular formula is C21H18N4O2. The molecule has 2 heterocycles. The monoisotopic (exact) mass is 358 g/mol. The lowest BCUT2D eigenvalue weighted by atomic mass is 10.0. The number of nitrogens with zero attached hydrogens (tertiary/aromatic N) is 1. The van der Waals surface area contributed by atoms with Crippen molar-refractivity contribution in [2.45, 2.75) is 13.8 Å². The third kappa shape index (κ3) is 3.25. The number of pyridine rings is 1. The molecule has 0 saturated heterocycles. The summed E-state index contributed by atoms with van der Waals surface area (Å²) in [5.74, 6) is -0.257. The number of carbonyl (C=O) groups excluding carboxylic acids is 1. The predicted molar refractivity (Wildman–Crippen MR) is 106 cm³/mol. The number of aromatic nitrogens is 3. The molecule has 0 spiro atoms. The van der Waals surface area contributed by atoms with Crippen molar-refractivity contribution >= 4 is 22.6 Å². The van der Waals surface area contributed by atoms with Gasteiger partial charge >= 0.3 is 5.69 Å². The van der Waals surface area contributed by atoms with Crippen LogP contribution in [0.4, 0.5) is 5.69 Å². The summed E-state index contributed by atoms with van der Waals surface area (Å²) in [6.45, 7) is 4.13. The van der Waals surface area contributed by atoms with Crippen molar-refractivity contribution in [3.63, 3.8) is 0 Å². The molecule has 1 amide bonds. The molecule has 0 atom stereocenters. The van der Waals surface area contributed by atoms with E-state index in [0.717, 1.165) is 11.3 Å². The summed E-state index contributed by atoms with van der Waals surface area (Å²) >= 11 is 0. The minimum absolute atomic E-state index is 0.257. The first kappa shape index (κ1) is 16.8. The number of rotatable bonds is 3. The first-order valence-electron chi connectivity index (χ1n) is 8.57. The zero-order valence-corrected chi connectivity index (χ0v) is 15.0. The number of aromatic amines is 2. The van der Waals surface area contributed by atoms with Gasteiger partial charge in [0.2, 0.25) is 0 Å². The maximum absolute atomic E-state index is 12.5. The molecule has 4 rings (SSSR count). The Labute approximate surface area is 155 Å². The number of hydrogen-bond acceptors (Lipinski definition) is 3. The fraction of sp³-hybridized carbons (Fsp3) is 0.0952. The van der Waals surface area contributed by atoms with E-state index in [-0.39, 0.29) is 11.6 Å². The van der Waals surface area contributed by atoms with E-state index in [1.165, 1.54) is 11.1 Å². The number of amides is 1. The molecule has 4 aromatic rings. The molecule has 0 fully saturated rings. The summed E-state index contributed by atoms with van der Waals surface area (Å²) in [6.07, 6.45) is 1.57. The molecule has 6 nitrogen and oxygen atoms in total. The second-order valence-electron chi connectivity index (χ2n) is 6.47. The highest BCUT2D eigenvalue weighted by Gasteiger charge is 2.10. The Bertz CT molecular complexity index is 1200. The number of H-pyrrole nitrogens is 2. The van der Waals surface area contributed by atoms with Crippen LogP contribution in [0, 0.1) is 13.8 Å². The Morgan fingerprint density at radius 2 is 1.81 bits per heavy atom. The smallest absolute Gasteiger partial charge is 0.322 e. The van der Waals surface area contributed by atoms with Gasteiger partial charge in [0.1, 0.15) is 0 Å². The molecule has 0 unspecified atom stereocenters. The second-order valence-corrected chi connectivity index (χ2v) is 6.47. The number of benzene rings is 2. The first-order valence-corrected chi connectivity index (χ1v) is 8.57. The van der Waals surface area contributed by atoms with E-state index in [1.54, 1.807) is 30.5 Å². The van der Waals surface area contributed by atoms with Gasteiger partial charge in [-0.1, -0.05) is 18.2 Å². The SMILES string of the molecule is Cc1cccc(-c2ccc(C(=O)Nc3ccc4[nH]c(=O)[nH]c4c3)cn2)c1C. The largest absolute Gasteiger partial charge is 0.323 e. The zero-order valence-electron chi connectivity index (χ0n) is 15.0. The molecule has 0 saturated carbocycles. The molecular weight excluding hydrogens is 340 g/mol. The quantitative estimate of drug-likeness (QED) is 0.520. The molecule has 0 radical (unpaired) electrons. The van der Waals surface area contributed by atoms with Gasteiger partial charge in [0.25, 0.3) is 5.91 Å². The lowest BCUT2D eigenvalue weighted by Gasteiger charge is -2.09. The number of imidazole rings is 1. The summed E-state index contributed by atoms with van der Waals surface area (Å²) in [7, 11) is 0. The highest BCUT2D eigenvalue weighted by molar-refractivity contribution is 6.04. The topological polar surface area (TPSA) is 90.6 Å². The second kappa shape index (κ2) is 6.57. The van der Waals surface area contributed by atoms with Crippen LogP contribution >= 0.6 is 0 Å². The summed E-state index contributed by atoms with van der Waals surface area (Å²) in [5, 5.41) is 2.82. The minimum atomic E-state index is -0.278. The van der Waals surface area contributed by atoms with Crippen molar-refractivity contribution < 1.29 is 4.79 Å². The van der Waals surface area contributed by atoms with E-state index in [4.69, 9.17) is 0 Å². The summed E-state index contributed by atoms with van der Waals surface area (Å²) in [6, 6.07) is 14.9. The standard InChI is InChI=1S/C21H18N4O2/c1-12-4-3-5-16(13(12)2)17-8-6-14(11-22-17)20(26)23-15-7-9-18-19(10-15)25-21(27)24-18/h3-11H,1-2H3,(H,23,26)(H2,24,25,27). The van der Waals surface area contributed by atoms with E-state index in [0.29, 0.717) is 22.3 Å². The van der Waals surface area contributed by atoms with Gasteiger partial charge in [-0.05, 0) is 55.3 Å². The molecule has 0 aliphatic carbocycles. The molecule has 6 heteroatoms. The molecule has 27 heavy (non-hydrogen) atoms. The Morgan fingerprint density at radius 1 is 1.00 bits per heavy atom. The summed E-state index contributed by atoms with van der Waals surface area (Å²) < 4.78 is 0. The molecule has 2 aromatic heterocycles. The maximum Gasteiger partial charge on any atom is 0.323 e. The van der Waals surface area contributed by atoms with Gasteiger partial charge in [0, 0.05) is 17.4 Å². The van der Waals surface area contributed by atoms with Crippen LogP contribution in [0.1, 0.15) is 21.5 Å². The number of carbonyl (C=O) groups is 1. The van der Waals surface area contributed by atoms with E-state index in [2.05, 4.69) is 40.2 Å². The van der Waals surface area contributed by atoms with Crippen LogP contribution in [0.3, 0.4) is 0 Å². The molecule has 134 valence electrons. The lowest BCUT2D eigenvalue weighted by molar-refractivity contribution is 0.102. The number of fused-ring (bicyclic) bond motifs is 1.